The summed E-state index contributed by atoms with van der Waals surface area (Å²) in [4.78, 5) is 24.7. The summed E-state index contributed by atoms with van der Waals surface area (Å²) >= 11 is 7.04. The Hall–Kier alpha value is -2.18. The maximum absolute atomic E-state index is 12.2. The number of hydrogen-bond acceptors (Lipinski definition) is 7. The number of likely N-dealkylation sites (tertiary alicyclic amines) is 1. The lowest BCUT2D eigenvalue weighted by molar-refractivity contribution is -0.138. The number of benzene rings is 1. The molecule has 2 unspecified atom stereocenters. The van der Waals surface area contributed by atoms with E-state index in [0.29, 0.717) is 11.6 Å². The van der Waals surface area contributed by atoms with Crippen LogP contribution < -0.4 is 10.6 Å². The summed E-state index contributed by atoms with van der Waals surface area (Å²) in [6.07, 6.45) is 14.5. The molecular weight excluding hydrogens is 697 g/mol. The van der Waals surface area contributed by atoms with Gasteiger partial charge in [-0.3, -0.25) is 4.79 Å². The van der Waals surface area contributed by atoms with Crippen LogP contribution in [-0.4, -0.2) is 81.0 Å². The van der Waals surface area contributed by atoms with Gasteiger partial charge in [-0.2, -0.15) is 13.2 Å². The van der Waals surface area contributed by atoms with Crippen molar-refractivity contribution in [1.29, 1.82) is 0 Å². The van der Waals surface area contributed by atoms with Crippen LogP contribution >= 0.6 is 22.9 Å². The highest BCUT2D eigenvalue weighted by molar-refractivity contribution is 7.08. The van der Waals surface area contributed by atoms with Crippen molar-refractivity contribution in [3.8, 4) is 5.75 Å². The number of alkyl halides is 3. The number of aryl methyl sites for hydroxylation is 1. The number of piperidine rings is 1. The number of phenolic OH excluding ortho intramolecular Hbond substituents is 1. The van der Waals surface area contributed by atoms with E-state index in [9.17, 15) is 18.0 Å². The number of anilines is 1. The van der Waals surface area contributed by atoms with Crippen LogP contribution in [0.15, 0.2) is 22.9 Å². The second-order valence-electron chi connectivity index (χ2n) is 13.8. The third-order valence-electron chi connectivity index (χ3n) is 9.76. The summed E-state index contributed by atoms with van der Waals surface area (Å²) in [5, 5.41) is 19.1. The molecule has 3 rings (SSSR count). The number of likely N-dealkylation sites (N-methyl/N-ethyl adjacent to an activating group) is 1. The lowest BCUT2D eigenvalue weighted by Gasteiger charge is -2.34. The van der Waals surface area contributed by atoms with Crippen LogP contribution in [0.5, 0.6) is 5.75 Å². The van der Waals surface area contributed by atoms with Crippen molar-refractivity contribution in [2.75, 3.05) is 52.6 Å². The van der Waals surface area contributed by atoms with Crippen molar-refractivity contribution >= 4 is 41.3 Å². The van der Waals surface area contributed by atoms with Gasteiger partial charge < -0.3 is 30.3 Å². The number of aromatic hydroxyl groups is 1. The molecule has 0 bridgehead atoms. The number of rotatable bonds is 20. The molecule has 1 aromatic heterocycles. The number of halogens is 4. The first kappa shape index (κ1) is 46.8. The van der Waals surface area contributed by atoms with Crippen LogP contribution in [0.25, 0.3) is 0 Å². The Balaban J connectivity index is 0.000000672. The number of carbonyl (C=O) groups excluding carboxylic acids is 2. The lowest BCUT2D eigenvalue weighted by Crippen LogP contribution is -2.35. The minimum absolute atomic E-state index is 0.285. The van der Waals surface area contributed by atoms with Crippen LogP contribution in [0.4, 0.5) is 18.9 Å². The molecule has 1 amide bonds. The largest absolute Gasteiger partial charge is 0.506 e. The Morgan fingerprint density at radius 2 is 1.69 bits per heavy atom. The number of amides is 1. The second kappa shape index (κ2) is 26.6. The van der Waals surface area contributed by atoms with Gasteiger partial charge >= 0.3 is 6.18 Å². The molecular formula is C39H64ClF3N4O3S. The van der Waals surface area contributed by atoms with E-state index < -0.39 is 17.5 Å². The van der Waals surface area contributed by atoms with Gasteiger partial charge in [-0.25, -0.2) is 0 Å². The van der Waals surface area contributed by atoms with E-state index in [1.54, 1.807) is 11.3 Å². The van der Waals surface area contributed by atoms with Crippen molar-refractivity contribution < 1.29 is 27.9 Å². The standard InChI is InChI=1S/C29H54N4OS.C8H6ClF3O.C2H4O/c1-5-11-25(26-15-19-32(3)20-16-26)12-9-7-6-8-10-13-28(14-18-30-2)33(4)21-17-27-22-35-23-29(27)31-24-34;1-4-2-5(8(10,11)12)7(13)6(9)3-4;1-2-3/h22-26,28,30H,5-21H2,1-4H3,(H,31,34);2-3,13H,1H3;2H,1H3. The first-order chi connectivity index (χ1) is 24.3. The Morgan fingerprint density at radius 1 is 1.06 bits per heavy atom. The Bertz CT molecular complexity index is 1220. The Morgan fingerprint density at radius 3 is 2.27 bits per heavy atom. The molecule has 3 N–H and O–H groups in total. The summed E-state index contributed by atoms with van der Waals surface area (Å²) in [5.41, 5.74) is 1.48. The van der Waals surface area contributed by atoms with E-state index in [0.717, 1.165) is 55.8 Å². The fraction of sp³-hybridized carbons (Fsp3) is 0.692. The number of unbranched alkanes of at least 4 members (excludes halogenated alkanes) is 4. The highest BCUT2D eigenvalue weighted by Crippen LogP contribution is 2.40. The van der Waals surface area contributed by atoms with E-state index in [1.165, 1.54) is 116 Å². The summed E-state index contributed by atoms with van der Waals surface area (Å²) in [5.74, 6) is 1.03. The van der Waals surface area contributed by atoms with Crippen LogP contribution in [0, 0.1) is 18.8 Å². The van der Waals surface area contributed by atoms with Crippen LogP contribution in [-0.2, 0) is 22.2 Å². The normalized spacial score (nSPS) is 15.0. The molecule has 0 saturated carbocycles. The third kappa shape index (κ3) is 18.9. The van der Waals surface area contributed by atoms with Gasteiger partial charge in [0.1, 0.15) is 12.0 Å². The molecule has 1 aliphatic heterocycles. The highest BCUT2D eigenvalue weighted by Gasteiger charge is 2.35. The molecule has 2 heterocycles. The minimum Gasteiger partial charge on any atom is -0.506 e. The fourth-order valence-electron chi connectivity index (χ4n) is 6.84. The maximum atomic E-state index is 12.2. The maximum Gasteiger partial charge on any atom is 0.420 e. The predicted molar refractivity (Wildman–Crippen MR) is 208 cm³/mol. The van der Waals surface area contributed by atoms with Crippen LogP contribution in [0.1, 0.15) is 108 Å². The third-order valence-corrected chi connectivity index (χ3v) is 10.8. The number of carbonyl (C=O) groups is 2. The van der Waals surface area contributed by atoms with Crippen molar-refractivity contribution in [3.63, 3.8) is 0 Å². The molecule has 292 valence electrons. The molecule has 1 aliphatic rings. The minimum atomic E-state index is -4.57. The summed E-state index contributed by atoms with van der Waals surface area (Å²) in [6.45, 7) is 10.00. The molecule has 2 aromatic rings. The molecule has 1 fully saturated rings. The molecule has 2 atom stereocenters. The number of aldehydes is 1. The van der Waals surface area contributed by atoms with Gasteiger partial charge in [-0.1, -0.05) is 69.9 Å². The molecule has 0 aliphatic carbocycles. The highest BCUT2D eigenvalue weighted by atomic mass is 35.5. The zero-order chi connectivity index (χ0) is 38.2. The SMILES string of the molecule is CC=O.CCCC(CCCCCCCC(CCNC)N(C)CCc1cscc1NC=O)C1CCN(C)CC1.Cc1cc(Cl)c(O)c(C(F)(F)F)c1. The Labute approximate surface area is 314 Å². The number of thiophene rings is 1. The average molecular weight is 761 g/mol. The lowest BCUT2D eigenvalue weighted by atomic mass is 9.79. The zero-order valence-corrected chi connectivity index (χ0v) is 33.4. The number of hydrogen-bond donors (Lipinski definition) is 3. The van der Waals surface area contributed by atoms with Crippen molar-refractivity contribution in [1.82, 2.24) is 15.1 Å². The number of nitrogens with one attached hydrogen (secondary N) is 2. The molecule has 0 radical (unpaired) electrons. The van der Waals surface area contributed by atoms with Crippen LogP contribution in [0.3, 0.4) is 0 Å². The van der Waals surface area contributed by atoms with Gasteiger partial charge in [0.25, 0.3) is 0 Å². The summed E-state index contributed by atoms with van der Waals surface area (Å²) in [6, 6.07) is 2.75. The van der Waals surface area contributed by atoms with E-state index in [4.69, 9.17) is 21.5 Å². The quantitative estimate of drug-likeness (QED) is 0.0921. The average Bonchev–Trinajstić information content (AvgIpc) is 3.53. The summed E-state index contributed by atoms with van der Waals surface area (Å²) < 4.78 is 36.6. The van der Waals surface area contributed by atoms with E-state index in [1.807, 2.05) is 5.38 Å². The molecule has 1 aromatic carbocycles. The fourth-order valence-corrected chi connectivity index (χ4v) is 7.94. The topological polar surface area (TPSA) is 84.9 Å². The Kier molecular flexibility index (Phi) is 24.4. The van der Waals surface area contributed by atoms with Crippen molar-refractivity contribution in [2.45, 2.75) is 116 Å². The zero-order valence-electron chi connectivity index (χ0n) is 31.8. The van der Waals surface area contributed by atoms with Crippen molar-refractivity contribution in [3.05, 3.63) is 44.6 Å². The molecule has 1 saturated heterocycles. The smallest absolute Gasteiger partial charge is 0.420 e. The predicted octanol–water partition coefficient (Wildman–Crippen LogP) is 9.84. The van der Waals surface area contributed by atoms with Crippen LogP contribution in [0.2, 0.25) is 5.02 Å². The molecule has 12 heteroatoms. The van der Waals surface area contributed by atoms with Gasteiger partial charge in [0.2, 0.25) is 6.41 Å². The molecule has 7 nitrogen and oxygen atoms in total. The monoisotopic (exact) mass is 760 g/mol. The van der Waals surface area contributed by atoms with Gasteiger partial charge in [0, 0.05) is 18.0 Å². The van der Waals surface area contributed by atoms with E-state index in [2.05, 4.69) is 53.9 Å². The number of nitrogens with zero attached hydrogens (tertiary/aromatic N) is 2. The van der Waals surface area contributed by atoms with E-state index in [-0.39, 0.29) is 5.02 Å². The van der Waals surface area contributed by atoms with Gasteiger partial charge in [-0.05, 0) is 127 Å². The van der Waals surface area contributed by atoms with Gasteiger partial charge in [-0.15, -0.1) is 11.3 Å². The first-order valence-electron chi connectivity index (χ1n) is 18.6. The van der Waals surface area contributed by atoms with E-state index >= 15 is 0 Å². The van der Waals surface area contributed by atoms with Gasteiger partial charge in [0.15, 0.2) is 0 Å². The molecule has 51 heavy (non-hydrogen) atoms. The number of phenols is 1. The second-order valence-corrected chi connectivity index (χ2v) is 14.9. The van der Waals surface area contributed by atoms with Gasteiger partial charge in [0.05, 0.1) is 16.3 Å². The molecule has 0 spiro atoms. The first-order valence-corrected chi connectivity index (χ1v) is 19.9. The summed E-state index contributed by atoms with van der Waals surface area (Å²) in [7, 11) is 6.60. The van der Waals surface area contributed by atoms with Crippen molar-refractivity contribution in [2.24, 2.45) is 11.8 Å².